The van der Waals surface area contributed by atoms with E-state index in [1.165, 1.54) is 16.2 Å². The van der Waals surface area contributed by atoms with Crippen molar-refractivity contribution in [2.24, 2.45) is 0 Å². The molecule has 0 bridgehead atoms. The minimum absolute atomic E-state index is 0.215. The Labute approximate surface area is 200 Å². The maximum atomic E-state index is 13.6. The van der Waals surface area contributed by atoms with E-state index in [-0.39, 0.29) is 37.1 Å². The molecule has 0 unspecified atom stereocenters. The smallest absolute Gasteiger partial charge is 0.260 e. The van der Waals surface area contributed by atoms with Gasteiger partial charge in [0.25, 0.3) is 5.91 Å². The molecule has 0 saturated carbocycles. The van der Waals surface area contributed by atoms with Crippen LogP contribution in [0, 0.1) is 0 Å². The van der Waals surface area contributed by atoms with E-state index in [1.807, 2.05) is 18.2 Å². The molecule has 1 aliphatic heterocycles. The monoisotopic (exact) mass is 473 g/mol. The number of amides is 3. The number of hydrogen-bond donors (Lipinski definition) is 0. The van der Waals surface area contributed by atoms with Crippen molar-refractivity contribution >= 4 is 50.1 Å². The lowest BCUT2D eigenvalue weighted by Gasteiger charge is -2.19. The number of thiazole rings is 1. The van der Waals surface area contributed by atoms with E-state index >= 15 is 0 Å². The van der Waals surface area contributed by atoms with Crippen molar-refractivity contribution in [3.8, 4) is 0 Å². The van der Waals surface area contributed by atoms with Crippen LogP contribution in [0.4, 0.5) is 10.8 Å². The van der Waals surface area contributed by atoms with Crippen LogP contribution in [-0.2, 0) is 16.1 Å². The van der Waals surface area contributed by atoms with Gasteiger partial charge >= 0.3 is 0 Å². The average molecular weight is 474 g/mol. The van der Waals surface area contributed by atoms with Crippen LogP contribution in [0.15, 0.2) is 65.3 Å². The molecule has 0 atom stereocenters. The molecule has 8 heteroatoms. The topological polar surface area (TPSA) is 83.7 Å². The largest absolute Gasteiger partial charge is 0.467 e. The molecule has 5 rings (SSSR count). The van der Waals surface area contributed by atoms with Crippen LogP contribution in [0.5, 0.6) is 0 Å². The molecule has 2 aromatic heterocycles. The molecular formula is C26H23N3O4S. The third-order valence-corrected chi connectivity index (χ3v) is 6.90. The van der Waals surface area contributed by atoms with E-state index in [9.17, 15) is 14.4 Å². The van der Waals surface area contributed by atoms with Crippen LogP contribution < -0.4 is 9.80 Å². The third kappa shape index (κ3) is 4.01. The highest BCUT2D eigenvalue weighted by atomic mass is 32.1. The summed E-state index contributed by atoms with van der Waals surface area (Å²) >= 11 is 1.46. The summed E-state index contributed by atoms with van der Waals surface area (Å²) in [6.07, 6.45) is 2.00. The molecule has 1 fully saturated rings. The van der Waals surface area contributed by atoms with Gasteiger partial charge in [-0.25, -0.2) is 4.98 Å². The van der Waals surface area contributed by atoms with Gasteiger partial charge in [0.2, 0.25) is 11.8 Å². The first-order valence-electron chi connectivity index (χ1n) is 11.1. The van der Waals surface area contributed by atoms with Gasteiger partial charge in [-0.3, -0.25) is 24.2 Å². The van der Waals surface area contributed by atoms with Crippen LogP contribution in [-0.4, -0.2) is 22.7 Å². The van der Waals surface area contributed by atoms with Gasteiger partial charge < -0.3 is 4.42 Å². The van der Waals surface area contributed by atoms with Gasteiger partial charge in [0, 0.05) is 18.4 Å². The Balaban J connectivity index is 1.51. The van der Waals surface area contributed by atoms with Crippen LogP contribution in [0.3, 0.4) is 0 Å². The SMILES string of the molecule is CC(C)c1cccc2sc(N(Cc3ccco3)C(=O)c3ccc(N4C(=O)CCC4=O)cc3)nc12. The zero-order valence-electron chi connectivity index (χ0n) is 18.9. The normalized spacial score (nSPS) is 13.9. The van der Waals surface area contributed by atoms with Crippen molar-refractivity contribution in [2.75, 3.05) is 9.80 Å². The number of rotatable bonds is 6. The number of benzene rings is 2. The van der Waals surface area contributed by atoms with Gasteiger partial charge in [-0.15, -0.1) is 0 Å². The molecule has 4 aromatic rings. The van der Waals surface area contributed by atoms with E-state index in [0.29, 0.717) is 28.1 Å². The summed E-state index contributed by atoms with van der Waals surface area (Å²) < 4.78 is 6.53. The zero-order chi connectivity index (χ0) is 23.8. The number of para-hydroxylation sites is 1. The lowest BCUT2D eigenvalue weighted by molar-refractivity contribution is -0.121. The van der Waals surface area contributed by atoms with Crippen LogP contribution in [0.25, 0.3) is 10.2 Å². The number of aromatic nitrogens is 1. The molecule has 0 aliphatic carbocycles. The number of furan rings is 1. The van der Waals surface area contributed by atoms with Crippen molar-refractivity contribution in [2.45, 2.75) is 39.2 Å². The van der Waals surface area contributed by atoms with Gasteiger partial charge in [-0.05, 0) is 53.9 Å². The van der Waals surface area contributed by atoms with Crippen LogP contribution >= 0.6 is 11.3 Å². The first-order valence-corrected chi connectivity index (χ1v) is 11.9. The van der Waals surface area contributed by atoms with Crippen LogP contribution in [0.1, 0.15) is 54.3 Å². The Kier molecular flexibility index (Phi) is 5.75. The predicted octanol–water partition coefficient (Wildman–Crippen LogP) is 5.51. The number of carbonyl (C=O) groups excluding carboxylic acids is 3. The standard InChI is InChI=1S/C26H23N3O4S/c1-16(2)20-6-3-7-21-24(20)27-26(34-21)28(15-19-5-4-14-33-19)25(32)17-8-10-18(11-9-17)29-22(30)12-13-23(29)31/h3-11,14,16H,12-13,15H2,1-2H3. The van der Waals surface area contributed by atoms with E-state index in [2.05, 4.69) is 19.9 Å². The number of nitrogens with zero attached hydrogens (tertiary/aromatic N) is 3. The molecule has 0 radical (unpaired) electrons. The maximum absolute atomic E-state index is 13.6. The molecule has 0 spiro atoms. The summed E-state index contributed by atoms with van der Waals surface area (Å²) in [6, 6.07) is 16.2. The summed E-state index contributed by atoms with van der Waals surface area (Å²) in [5.74, 6) is 0.253. The second-order valence-electron chi connectivity index (χ2n) is 8.49. The van der Waals surface area contributed by atoms with Gasteiger partial charge in [0.05, 0.1) is 28.7 Å². The third-order valence-electron chi connectivity index (χ3n) is 5.86. The van der Waals surface area contributed by atoms with Crippen molar-refractivity contribution in [3.63, 3.8) is 0 Å². The summed E-state index contributed by atoms with van der Waals surface area (Å²) in [4.78, 5) is 45.4. The van der Waals surface area contributed by atoms with Crippen molar-refractivity contribution in [1.82, 2.24) is 4.98 Å². The highest BCUT2D eigenvalue weighted by Gasteiger charge is 2.30. The molecule has 7 nitrogen and oxygen atoms in total. The fourth-order valence-electron chi connectivity index (χ4n) is 4.10. The molecule has 1 aliphatic rings. The molecule has 0 N–H and O–H groups in total. The number of imide groups is 1. The first kappa shape index (κ1) is 22.0. The number of fused-ring (bicyclic) bond motifs is 1. The highest BCUT2D eigenvalue weighted by molar-refractivity contribution is 7.22. The Morgan fingerprint density at radius 1 is 1.06 bits per heavy atom. The van der Waals surface area contributed by atoms with E-state index < -0.39 is 0 Å². The minimum atomic E-state index is -0.243. The van der Waals surface area contributed by atoms with Crippen molar-refractivity contribution < 1.29 is 18.8 Å². The van der Waals surface area contributed by atoms with Gasteiger partial charge in [0.1, 0.15) is 5.76 Å². The highest BCUT2D eigenvalue weighted by Crippen LogP contribution is 2.35. The van der Waals surface area contributed by atoms with Gasteiger partial charge in [0.15, 0.2) is 5.13 Å². The average Bonchev–Trinajstić information content (AvgIpc) is 3.57. The lowest BCUT2D eigenvalue weighted by Crippen LogP contribution is -2.31. The molecule has 1 saturated heterocycles. The van der Waals surface area contributed by atoms with Gasteiger partial charge in [-0.2, -0.15) is 0 Å². The number of anilines is 2. The second kappa shape index (κ2) is 8.87. The summed E-state index contributed by atoms with van der Waals surface area (Å²) in [6.45, 7) is 4.47. The number of carbonyl (C=O) groups is 3. The fourth-order valence-corrected chi connectivity index (χ4v) is 5.10. The zero-order valence-corrected chi connectivity index (χ0v) is 19.7. The van der Waals surface area contributed by atoms with Crippen LogP contribution in [0.2, 0.25) is 0 Å². The molecule has 2 aromatic carbocycles. The molecule has 172 valence electrons. The maximum Gasteiger partial charge on any atom is 0.260 e. The van der Waals surface area contributed by atoms with Crippen molar-refractivity contribution in [3.05, 3.63) is 77.7 Å². The molecule has 3 amide bonds. The predicted molar refractivity (Wildman–Crippen MR) is 131 cm³/mol. The Morgan fingerprint density at radius 3 is 2.44 bits per heavy atom. The van der Waals surface area contributed by atoms with E-state index in [4.69, 9.17) is 9.40 Å². The Morgan fingerprint density at radius 2 is 1.79 bits per heavy atom. The van der Waals surface area contributed by atoms with E-state index in [1.54, 1.807) is 41.5 Å². The Hall–Kier alpha value is -3.78. The Bertz CT molecular complexity index is 1360. The second-order valence-corrected chi connectivity index (χ2v) is 9.49. The summed E-state index contributed by atoms with van der Waals surface area (Å²) in [5.41, 5.74) is 2.94. The quantitative estimate of drug-likeness (QED) is 0.345. The molecule has 34 heavy (non-hydrogen) atoms. The summed E-state index contributed by atoms with van der Waals surface area (Å²) in [5, 5.41) is 0.582. The molecular weight excluding hydrogens is 450 g/mol. The number of hydrogen-bond acceptors (Lipinski definition) is 6. The molecule has 3 heterocycles. The van der Waals surface area contributed by atoms with E-state index in [0.717, 1.165) is 15.8 Å². The van der Waals surface area contributed by atoms with Crippen molar-refractivity contribution in [1.29, 1.82) is 0 Å². The van der Waals surface area contributed by atoms with Gasteiger partial charge in [-0.1, -0.05) is 37.3 Å². The summed E-state index contributed by atoms with van der Waals surface area (Å²) in [7, 11) is 0. The first-order chi connectivity index (χ1) is 16.4. The minimum Gasteiger partial charge on any atom is -0.467 e. The fraction of sp³-hybridized carbons (Fsp3) is 0.231. The lowest BCUT2D eigenvalue weighted by atomic mass is 10.0.